The number of rotatable bonds is 8. The van der Waals surface area contributed by atoms with Gasteiger partial charge < -0.3 is 14.4 Å². The standard InChI is InChI=1S/C18H25NO3/c1-5-22-18(20)10-8-6-7-9-17(21-4)15-11-13-16(14-12-15)19(2)3/h6-8,10-14,17H,5,9H2,1-4H3. The fraction of sp³-hybridized carbons (Fsp3) is 0.389. The minimum Gasteiger partial charge on any atom is -0.463 e. The molecule has 0 saturated heterocycles. The molecule has 1 rings (SSSR count). The van der Waals surface area contributed by atoms with Crippen molar-refractivity contribution in [2.24, 2.45) is 0 Å². The van der Waals surface area contributed by atoms with E-state index in [4.69, 9.17) is 9.47 Å². The van der Waals surface area contributed by atoms with Crippen LogP contribution in [-0.4, -0.2) is 33.8 Å². The van der Waals surface area contributed by atoms with Crippen LogP contribution < -0.4 is 4.90 Å². The second-order valence-corrected chi connectivity index (χ2v) is 4.99. The molecule has 0 saturated carbocycles. The van der Waals surface area contributed by atoms with Crippen molar-refractivity contribution in [3.05, 3.63) is 54.1 Å². The first-order valence-electron chi connectivity index (χ1n) is 7.38. The molecule has 0 fully saturated rings. The molecule has 1 aromatic rings. The number of carbonyl (C=O) groups excluding carboxylic acids is 1. The minimum absolute atomic E-state index is 0.00320. The zero-order valence-corrected chi connectivity index (χ0v) is 13.8. The fourth-order valence-corrected chi connectivity index (χ4v) is 1.96. The highest BCUT2D eigenvalue weighted by Gasteiger charge is 2.08. The molecule has 1 aromatic carbocycles. The first-order valence-corrected chi connectivity index (χ1v) is 7.38. The second-order valence-electron chi connectivity index (χ2n) is 4.99. The lowest BCUT2D eigenvalue weighted by Crippen LogP contribution is -2.08. The van der Waals surface area contributed by atoms with Crippen LogP contribution in [0, 0.1) is 0 Å². The largest absolute Gasteiger partial charge is 0.463 e. The molecule has 0 heterocycles. The summed E-state index contributed by atoms with van der Waals surface area (Å²) in [5, 5.41) is 0. The van der Waals surface area contributed by atoms with Gasteiger partial charge >= 0.3 is 5.97 Å². The predicted octanol–water partition coefficient (Wildman–Crippen LogP) is 3.51. The molecule has 0 bridgehead atoms. The van der Waals surface area contributed by atoms with E-state index in [9.17, 15) is 4.79 Å². The molecular weight excluding hydrogens is 278 g/mol. The maximum Gasteiger partial charge on any atom is 0.330 e. The Morgan fingerprint density at radius 2 is 1.91 bits per heavy atom. The third kappa shape index (κ3) is 6.14. The number of methoxy groups -OCH3 is 1. The second kappa shape index (κ2) is 9.79. The van der Waals surface area contributed by atoms with Gasteiger partial charge in [-0.05, 0) is 31.0 Å². The number of anilines is 1. The third-order valence-corrected chi connectivity index (χ3v) is 3.18. The highest BCUT2D eigenvalue weighted by molar-refractivity contribution is 5.82. The van der Waals surface area contributed by atoms with Crippen LogP contribution in [-0.2, 0) is 14.3 Å². The number of hydrogen-bond acceptors (Lipinski definition) is 4. The summed E-state index contributed by atoms with van der Waals surface area (Å²) in [4.78, 5) is 13.2. The molecule has 0 aromatic heterocycles. The zero-order chi connectivity index (χ0) is 16.4. The van der Waals surface area contributed by atoms with Crippen molar-refractivity contribution in [3.63, 3.8) is 0 Å². The zero-order valence-electron chi connectivity index (χ0n) is 13.8. The Bertz CT molecular complexity index is 504. The lowest BCUT2D eigenvalue weighted by Gasteiger charge is -2.16. The van der Waals surface area contributed by atoms with Crippen LogP contribution in [0.4, 0.5) is 5.69 Å². The van der Waals surface area contributed by atoms with Gasteiger partial charge in [0.15, 0.2) is 0 Å². The summed E-state index contributed by atoms with van der Waals surface area (Å²) < 4.78 is 10.3. The van der Waals surface area contributed by atoms with Gasteiger partial charge in [0.25, 0.3) is 0 Å². The van der Waals surface area contributed by atoms with E-state index < -0.39 is 0 Å². The summed E-state index contributed by atoms with van der Waals surface area (Å²) in [6, 6.07) is 8.30. The number of ether oxygens (including phenoxy) is 2. The summed E-state index contributed by atoms with van der Waals surface area (Å²) in [6.45, 7) is 2.17. The number of benzene rings is 1. The van der Waals surface area contributed by atoms with E-state index in [1.165, 1.54) is 6.08 Å². The molecule has 4 nitrogen and oxygen atoms in total. The molecule has 0 N–H and O–H groups in total. The van der Waals surface area contributed by atoms with Crippen molar-refractivity contribution in [2.75, 3.05) is 32.7 Å². The molecule has 120 valence electrons. The Kier molecular flexibility index (Phi) is 8.00. The van der Waals surface area contributed by atoms with Gasteiger partial charge in [-0.2, -0.15) is 0 Å². The van der Waals surface area contributed by atoms with E-state index in [2.05, 4.69) is 29.2 Å². The van der Waals surface area contributed by atoms with Crippen LogP contribution in [0.3, 0.4) is 0 Å². The lowest BCUT2D eigenvalue weighted by atomic mass is 10.1. The van der Waals surface area contributed by atoms with Gasteiger partial charge in [-0.25, -0.2) is 4.79 Å². The molecule has 0 aliphatic carbocycles. The molecule has 0 spiro atoms. The van der Waals surface area contributed by atoms with Crippen LogP contribution in [0.2, 0.25) is 0 Å². The summed E-state index contributed by atoms with van der Waals surface area (Å²) in [5.74, 6) is -0.324. The Hall–Kier alpha value is -2.07. The maximum absolute atomic E-state index is 11.1. The van der Waals surface area contributed by atoms with E-state index in [0.29, 0.717) is 6.61 Å². The highest BCUT2D eigenvalue weighted by atomic mass is 16.5. The number of carbonyl (C=O) groups is 1. The summed E-state index contributed by atoms with van der Waals surface area (Å²) in [5.41, 5.74) is 2.29. The van der Waals surface area contributed by atoms with Gasteiger partial charge in [0.05, 0.1) is 12.7 Å². The summed E-state index contributed by atoms with van der Waals surface area (Å²) >= 11 is 0. The van der Waals surface area contributed by atoms with E-state index in [0.717, 1.165) is 17.7 Å². The van der Waals surface area contributed by atoms with Crippen molar-refractivity contribution >= 4 is 11.7 Å². The number of hydrogen-bond donors (Lipinski definition) is 0. The van der Waals surface area contributed by atoms with Gasteiger partial charge in [0, 0.05) is 33.0 Å². The monoisotopic (exact) mass is 303 g/mol. The summed E-state index contributed by atoms with van der Waals surface area (Å²) in [6.07, 6.45) is 7.64. The molecule has 0 aliphatic heterocycles. The molecule has 1 atom stereocenters. The maximum atomic E-state index is 11.1. The van der Waals surface area contributed by atoms with Crippen molar-refractivity contribution in [1.82, 2.24) is 0 Å². The molecular formula is C18H25NO3. The first-order chi connectivity index (χ1) is 10.6. The number of esters is 1. The van der Waals surface area contributed by atoms with Gasteiger partial charge in [0.2, 0.25) is 0 Å². The number of nitrogens with zero attached hydrogens (tertiary/aromatic N) is 1. The van der Waals surface area contributed by atoms with Crippen LogP contribution in [0.15, 0.2) is 48.6 Å². The van der Waals surface area contributed by atoms with Crippen LogP contribution in [0.25, 0.3) is 0 Å². The third-order valence-electron chi connectivity index (χ3n) is 3.18. The first kappa shape index (κ1) is 18.0. The topological polar surface area (TPSA) is 38.8 Å². The Balaban J connectivity index is 2.56. The summed E-state index contributed by atoms with van der Waals surface area (Å²) in [7, 11) is 5.73. The molecule has 22 heavy (non-hydrogen) atoms. The minimum atomic E-state index is -0.324. The van der Waals surface area contributed by atoms with E-state index >= 15 is 0 Å². The molecule has 1 unspecified atom stereocenters. The van der Waals surface area contributed by atoms with Crippen molar-refractivity contribution < 1.29 is 14.3 Å². The smallest absolute Gasteiger partial charge is 0.330 e. The number of allylic oxidation sites excluding steroid dienone is 2. The fourth-order valence-electron chi connectivity index (χ4n) is 1.96. The SMILES string of the molecule is CCOC(=O)C=CC=CCC(OC)c1ccc(N(C)C)cc1. The average Bonchev–Trinajstić information content (AvgIpc) is 2.51. The van der Waals surface area contributed by atoms with Crippen molar-refractivity contribution in [2.45, 2.75) is 19.4 Å². The Morgan fingerprint density at radius 1 is 1.23 bits per heavy atom. The van der Waals surface area contributed by atoms with Gasteiger partial charge in [-0.3, -0.25) is 0 Å². The normalized spacial score (nSPS) is 12.7. The van der Waals surface area contributed by atoms with Crippen molar-refractivity contribution in [3.8, 4) is 0 Å². The molecule has 4 heteroatoms. The Labute approximate surface area is 133 Å². The molecule has 0 aliphatic rings. The van der Waals surface area contributed by atoms with Gasteiger partial charge in [-0.1, -0.05) is 30.4 Å². The van der Waals surface area contributed by atoms with Gasteiger partial charge in [-0.15, -0.1) is 0 Å². The highest BCUT2D eigenvalue weighted by Crippen LogP contribution is 2.23. The molecule has 0 amide bonds. The van der Waals surface area contributed by atoms with Crippen LogP contribution in [0.5, 0.6) is 0 Å². The Morgan fingerprint density at radius 3 is 2.45 bits per heavy atom. The lowest BCUT2D eigenvalue weighted by molar-refractivity contribution is -0.137. The van der Waals surface area contributed by atoms with E-state index in [1.807, 2.05) is 26.2 Å². The van der Waals surface area contributed by atoms with E-state index in [-0.39, 0.29) is 12.1 Å². The van der Waals surface area contributed by atoms with Crippen LogP contribution in [0.1, 0.15) is 25.0 Å². The molecule has 0 radical (unpaired) electrons. The average molecular weight is 303 g/mol. The van der Waals surface area contributed by atoms with Crippen LogP contribution >= 0.6 is 0 Å². The van der Waals surface area contributed by atoms with Crippen molar-refractivity contribution in [1.29, 1.82) is 0 Å². The quantitative estimate of drug-likeness (QED) is 0.418. The van der Waals surface area contributed by atoms with E-state index in [1.54, 1.807) is 20.1 Å². The van der Waals surface area contributed by atoms with Gasteiger partial charge in [0.1, 0.15) is 0 Å². The predicted molar refractivity (Wildman–Crippen MR) is 90.0 cm³/mol.